The molecule has 3 N–H and O–H groups in total. The number of nitrogens with two attached hydrogens (primary N) is 1. The van der Waals surface area contributed by atoms with E-state index in [0.29, 0.717) is 18.0 Å². The lowest BCUT2D eigenvalue weighted by Gasteiger charge is -2.35. The van der Waals surface area contributed by atoms with Gasteiger partial charge in [-0.15, -0.1) is 12.4 Å². The number of hydrogen-bond donors (Lipinski definition) is 2. The summed E-state index contributed by atoms with van der Waals surface area (Å²) in [4.78, 5) is 27.3. The number of amides is 2. The number of benzene rings is 1. The van der Waals surface area contributed by atoms with Crippen molar-refractivity contribution in [2.75, 3.05) is 19.6 Å². The quantitative estimate of drug-likeness (QED) is 0.810. The lowest BCUT2D eigenvalue weighted by atomic mass is 9.93. The zero-order valence-corrected chi connectivity index (χ0v) is 15.9. The Morgan fingerprint density at radius 1 is 1.24 bits per heavy atom. The largest absolute Gasteiger partial charge is 0.341 e. The maximum absolute atomic E-state index is 12.9. The van der Waals surface area contributed by atoms with Crippen molar-refractivity contribution in [2.45, 2.75) is 39.2 Å². The maximum atomic E-state index is 12.9. The zero-order chi connectivity index (χ0) is 17.5. The Kier molecular flexibility index (Phi) is 8.93. The average Bonchev–Trinajstić information content (AvgIpc) is 2.65. The third kappa shape index (κ3) is 5.72. The second-order valence-corrected chi connectivity index (χ2v) is 6.71. The Hall–Kier alpha value is -1.59. The molecule has 0 radical (unpaired) electrons. The molecule has 5 nitrogen and oxygen atoms in total. The SMILES string of the molecule is CCC(C)C(NC(=O)c1ccccc1)C(=O)N1CCC(CN)CC1.Cl. The van der Waals surface area contributed by atoms with Crippen LogP contribution in [-0.4, -0.2) is 42.4 Å². The van der Waals surface area contributed by atoms with Crippen LogP contribution in [0.1, 0.15) is 43.5 Å². The number of nitrogens with one attached hydrogen (secondary N) is 1. The second-order valence-electron chi connectivity index (χ2n) is 6.71. The van der Waals surface area contributed by atoms with Gasteiger partial charge < -0.3 is 16.0 Å². The van der Waals surface area contributed by atoms with Crippen molar-refractivity contribution in [1.82, 2.24) is 10.2 Å². The summed E-state index contributed by atoms with van der Waals surface area (Å²) in [6, 6.07) is 8.58. The Morgan fingerprint density at radius 3 is 2.36 bits per heavy atom. The lowest BCUT2D eigenvalue weighted by Crippen LogP contribution is -2.53. The number of likely N-dealkylation sites (tertiary alicyclic amines) is 1. The molecule has 1 saturated heterocycles. The predicted octanol–water partition coefficient (Wildman–Crippen LogP) is 2.45. The van der Waals surface area contributed by atoms with Gasteiger partial charge in [-0.3, -0.25) is 9.59 Å². The molecule has 0 aromatic heterocycles. The third-order valence-electron chi connectivity index (χ3n) is 5.06. The van der Waals surface area contributed by atoms with Crippen molar-refractivity contribution in [2.24, 2.45) is 17.6 Å². The van der Waals surface area contributed by atoms with Crippen LogP contribution in [0.5, 0.6) is 0 Å². The van der Waals surface area contributed by atoms with Crippen molar-refractivity contribution in [1.29, 1.82) is 0 Å². The van der Waals surface area contributed by atoms with E-state index in [1.54, 1.807) is 12.1 Å². The molecule has 0 saturated carbocycles. The highest BCUT2D eigenvalue weighted by molar-refractivity contribution is 5.97. The Balaban J connectivity index is 0.00000312. The molecule has 1 heterocycles. The first-order valence-corrected chi connectivity index (χ1v) is 8.91. The molecular formula is C19H30ClN3O2. The van der Waals surface area contributed by atoms with E-state index in [9.17, 15) is 9.59 Å². The monoisotopic (exact) mass is 367 g/mol. The fraction of sp³-hybridized carbons (Fsp3) is 0.579. The zero-order valence-electron chi connectivity index (χ0n) is 15.1. The highest BCUT2D eigenvalue weighted by Crippen LogP contribution is 2.19. The minimum Gasteiger partial charge on any atom is -0.341 e. The number of carbonyl (C=O) groups is 2. The summed E-state index contributed by atoms with van der Waals surface area (Å²) in [5.41, 5.74) is 6.31. The van der Waals surface area contributed by atoms with E-state index in [0.717, 1.165) is 32.4 Å². The molecule has 1 aliphatic heterocycles. The molecule has 1 aliphatic rings. The van der Waals surface area contributed by atoms with Crippen molar-refractivity contribution in [3.8, 4) is 0 Å². The minimum atomic E-state index is -0.475. The first-order valence-electron chi connectivity index (χ1n) is 8.91. The summed E-state index contributed by atoms with van der Waals surface area (Å²) < 4.78 is 0. The number of rotatable bonds is 6. The molecular weight excluding hydrogens is 338 g/mol. The fourth-order valence-electron chi connectivity index (χ4n) is 3.08. The summed E-state index contributed by atoms with van der Waals surface area (Å²) in [6.07, 6.45) is 2.73. The van der Waals surface area contributed by atoms with Gasteiger partial charge >= 0.3 is 0 Å². The normalized spacial score (nSPS) is 17.3. The molecule has 25 heavy (non-hydrogen) atoms. The van der Waals surface area contributed by atoms with Crippen molar-refractivity contribution >= 4 is 24.2 Å². The predicted molar refractivity (Wildman–Crippen MR) is 103 cm³/mol. The van der Waals surface area contributed by atoms with Gasteiger partial charge in [-0.25, -0.2) is 0 Å². The molecule has 1 aromatic rings. The van der Waals surface area contributed by atoms with E-state index in [2.05, 4.69) is 5.32 Å². The van der Waals surface area contributed by atoms with Gasteiger partial charge in [0, 0.05) is 18.7 Å². The number of piperidine rings is 1. The fourth-order valence-corrected chi connectivity index (χ4v) is 3.08. The standard InChI is InChI=1S/C19H29N3O2.ClH/c1-3-14(2)17(21-18(23)16-7-5-4-6-8-16)19(24)22-11-9-15(13-20)10-12-22;/h4-8,14-15,17H,3,9-13,20H2,1-2H3,(H,21,23);1H. The summed E-state index contributed by atoms with van der Waals surface area (Å²) in [6.45, 7) is 6.20. The molecule has 0 bridgehead atoms. The van der Waals surface area contributed by atoms with E-state index in [1.807, 2.05) is 36.9 Å². The molecule has 2 rings (SSSR count). The van der Waals surface area contributed by atoms with Gasteiger partial charge in [0.25, 0.3) is 5.91 Å². The summed E-state index contributed by atoms with van der Waals surface area (Å²) in [5, 5.41) is 2.95. The number of halogens is 1. The third-order valence-corrected chi connectivity index (χ3v) is 5.06. The Labute approximate surface area is 156 Å². The van der Waals surface area contributed by atoms with Gasteiger partial charge in [0.1, 0.15) is 6.04 Å². The number of carbonyl (C=O) groups excluding carboxylic acids is 2. The van der Waals surface area contributed by atoms with E-state index in [4.69, 9.17) is 5.73 Å². The first-order chi connectivity index (χ1) is 11.6. The van der Waals surface area contributed by atoms with Crippen LogP contribution < -0.4 is 11.1 Å². The van der Waals surface area contributed by atoms with Crippen LogP contribution in [0.4, 0.5) is 0 Å². The van der Waals surface area contributed by atoms with E-state index in [-0.39, 0.29) is 30.1 Å². The smallest absolute Gasteiger partial charge is 0.251 e. The average molecular weight is 368 g/mol. The van der Waals surface area contributed by atoms with Crippen molar-refractivity contribution in [3.63, 3.8) is 0 Å². The molecule has 0 aliphatic carbocycles. The number of hydrogen-bond acceptors (Lipinski definition) is 3. The topological polar surface area (TPSA) is 75.4 Å². The minimum absolute atomic E-state index is 0. The van der Waals surface area contributed by atoms with Gasteiger partial charge in [0.15, 0.2) is 0 Å². The van der Waals surface area contributed by atoms with Gasteiger partial charge in [0.05, 0.1) is 0 Å². The Bertz CT molecular complexity index is 545. The van der Waals surface area contributed by atoms with Gasteiger partial charge in [-0.2, -0.15) is 0 Å². The van der Waals surface area contributed by atoms with E-state index < -0.39 is 6.04 Å². The van der Waals surface area contributed by atoms with Crippen molar-refractivity contribution in [3.05, 3.63) is 35.9 Å². The highest BCUT2D eigenvalue weighted by Gasteiger charge is 2.32. The van der Waals surface area contributed by atoms with Crippen LogP contribution in [0, 0.1) is 11.8 Å². The van der Waals surface area contributed by atoms with Crippen LogP contribution in [0.15, 0.2) is 30.3 Å². The maximum Gasteiger partial charge on any atom is 0.251 e. The molecule has 0 spiro atoms. The summed E-state index contributed by atoms with van der Waals surface area (Å²) >= 11 is 0. The highest BCUT2D eigenvalue weighted by atomic mass is 35.5. The lowest BCUT2D eigenvalue weighted by molar-refractivity contribution is -0.135. The molecule has 2 atom stereocenters. The molecule has 140 valence electrons. The van der Waals surface area contributed by atoms with Crippen LogP contribution >= 0.6 is 12.4 Å². The van der Waals surface area contributed by atoms with E-state index in [1.165, 1.54) is 0 Å². The van der Waals surface area contributed by atoms with Gasteiger partial charge in [-0.1, -0.05) is 38.5 Å². The van der Waals surface area contributed by atoms with E-state index >= 15 is 0 Å². The van der Waals surface area contributed by atoms with Gasteiger partial charge in [-0.05, 0) is 43.4 Å². The second kappa shape index (κ2) is 10.4. The summed E-state index contributed by atoms with van der Waals surface area (Å²) in [5.74, 6) is 0.447. The van der Waals surface area contributed by atoms with Crippen LogP contribution in [0.2, 0.25) is 0 Å². The molecule has 6 heteroatoms. The van der Waals surface area contributed by atoms with Crippen LogP contribution in [-0.2, 0) is 4.79 Å². The van der Waals surface area contributed by atoms with Gasteiger partial charge in [0.2, 0.25) is 5.91 Å². The molecule has 1 aromatic carbocycles. The van der Waals surface area contributed by atoms with Crippen molar-refractivity contribution < 1.29 is 9.59 Å². The first kappa shape index (κ1) is 21.5. The summed E-state index contributed by atoms with van der Waals surface area (Å²) in [7, 11) is 0. The molecule has 1 fully saturated rings. The van der Waals surface area contributed by atoms with Crippen LogP contribution in [0.25, 0.3) is 0 Å². The Morgan fingerprint density at radius 2 is 1.84 bits per heavy atom. The molecule has 2 unspecified atom stereocenters. The number of nitrogens with zero attached hydrogens (tertiary/aromatic N) is 1. The van der Waals surface area contributed by atoms with Crippen LogP contribution in [0.3, 0.4) is 0 Å². The molecule has 2 amide bonds.